The lowest BCUT2D eigenvalue weighted by atomic mass is 9.92. The maximum absolute atomic E-state index is 13.0. The number of halogens is 1. The molecular weight excluding hydrogens is 472 g/mol. The Hall–Kier alpha value is -0.180. The molecule has 0 unspecified atom stereocenters. The Morgan fingerprint density at radius 1 is 1.39 bits per heavy atom. The second-order valence-electron chi connectivity index (χ2n) is 8.23. The minimum Gasteiger partial charge on any atom is -0.388 e. The second kappa shape index (κ2) is 11.3. The monoisotopic (exact) mass is 504 g/mol. The molecule has 10 nitrogen and oxygen atoms in total. The number of amides is 1. The number of hydrogen-bond donors (Lipinski definition) is 4. The van der Waals surface area contributed by atoms with Gasteiger partial charge in [0.15, 0.2) is 0 Å². The molecule has 0 aliphatic carbocycles. The van der Waals surface area contributed by atoms with E-state index in [4.69, 9.17) is 20.9 Å². The lowest BCUT2D eigenvalue weighted by Gasteiger charge is -2.44. The van der Waals surface area contributed by atoms with Crippen LogP contribution >= 0.6 is 23.4 Å². The highest BCUT2D eigenvalue weighted by atomic mass is 35.5. The smallest absolute Gasteiger partial charge is 0.388 e. The van der Waals surface area contributed by atoms with E-state index in [0.29, 0.717) is 12.3 Å². The molecule has 0 aromatic carbocycles. The zero-order valence-corrected chi connectivity index (χ0v) is 20.4. The minimum atomic E-state index is -4.89. The number of thioether (sulfide) groups is 1. The fraction of sp³-hybridized carbons (Fsp3) is 0.944. The van der Waals surface area contributed by atoms with E-state index in [1.165, 1.54) is 0 Å². The Bertz CT molecular complexity index is 711. The van der Waals surface area contributed by atoms with Crippen molar-refractivity contribution in [1.29, 1.82) is 0 Å². The van der Waals surface area contributed by atoms with Crippen LogP contribution in [0.3, 0.4) is 0 Å². The van der Waals surface area contributed by atoms with Gasteiger partial charge in [0.1, 0.15) is 29.9 Å². The van der Waals surface area contributed by atoms with E-state index in [1.807, 2.05) is 11.9 Å². The maximum atomic E-state index is 13.0. The van der Waals surface area contributed by atoms with E-state index in [2.05, 4.69) is 16.4 Å². The molecule has 13 heteroatoms. The van der Waals surface area contributed by atoms with Crippen LogP contribution in [0.25, 0.3) is 0 Å². The van der Waals surface area contributed by atoms with Gasteiger partial charge in [-0.05, 0) is 39.0 Å². The van der Waals surface area contributed by atoms with Crippen molar-refractivity contribution in [2.45, 2.75) is 80.4 Å². The molecule has 0 aromatic rings. The van der Waals surface area contributed by atoms with Crippen LogP contribution in [0.2, 0.25) is 0 Å². The molecule has 4 N–H and O–H groups in total. The first kappa shape index (κ1) is 27.1. The number of nitrogens with one attached hydrogen (secondary N) is 1. The van der Waals surface area contributed by atoms with Crippen molar-refractivity contribution >= 4 is 39.7 Å². The summed E-state index contributed by atoms with van der Waals surface area (Å²) in [7, 11) is -3.00. The molecule has 0 aromatic heterocycles. The van der Waals surface area contributed by atoms with Crippen molar-refractivity contribution in [3.63, 3.8) is 0 Å². The number of carbonyl (C=O) groups excluding carboxylic acids is 1. The summed E-state index contributed by atoms with van der Waals surface area (Å²) in [6.07, 6.45) is -1.59. The quantitative estimate of drug-likeness (QED) is 0.254. The van der Waals surface area contributed by atoms with E-state index in [1.54, 1.807) is 13.2 Å². The van der Waals surface area contributed by atoms with Crippen molar-refractivity contribution < 1.29 is 36.9 Å². The van der Waals surface area contributed by atoms with E-state index in [-0.39, 0.29) is 11.9 Å². The number of hydrogen-bond acceptors (Lipinski definition) is 9. The van der Waals surface area contributed by atoms with Crippen LogP contribution in [0.1, 0.15) is 33.1 Å². The third kappa shape index (κ3) is 6.90. The average Bonchev–Trinajstić information content (AvgIpc) is 3.03. The van der Waals surface area contributed by atoms with Gasteiger partial charge in [0, 0.05) is 6.54 Å². The zero-order valence-electron chi connectivity index (χ0n) is 18.0. The molecule has 2 saturated heterocycles. The predicted octanol–water partition coefficient (Wildman–Crippen LogP) is 0.217. The second-order valence-corrected chi connectivity index (χ2v) is 10.9. The molecule has 2 aliphatic heterocycles. The highest BCUT2D eigenvalue weighted by Crippen LogP contribution is 2.33. The standard InChI is InChI=1S/C18H33ClN2O8S2/c1-5-6-10-7-11(21(3)8-10)17(24)20-12(9(2)19)15-13(22)14(23)16(18(28-15)30-4)29-31(25,26)27/h9-16,18,22-23H,5-8H2,1-4H3,(H,20,24)(H,25,26,27)/t9-,10+,11-,12+,13+,14-,15+,16+,18+/m0/s1. The Morgan fingerprint density at radius 2 is 2.03 bits per heavy atom. The molecule has 1 amide bonds. The highest BCUT2D eigenvalue weighted by Gasteiger charge is 2.50. The highest BCUT2D eigenvalue weighted by molar-refractivity contribution is 7.99. The first-order chi connectivity index (χ1) is 14.4. The fourth-order valence-corrected chi connectivity index (χ4v) is 5.84. The number of aliphatic hydroxyl groups excluding tert-OH is 2. The van der Waals surface area contributed by atoms with E-state index in [9.17, 15) is 23.4 Å². The van der Waals surface area contributed by atoms with Crippen molar-refractivity contribution in [2.75, 3.05) is 19.8 Å². The molecule has 2 heterocycles. The normalized spacial score (nSPS) is 36.8. The molecule has 0 saturated carbocycles. The lowest BCUT2D eigenvalue weighted by molar-refractivity contribution is -0.199. The zero-order chi connectivity index (χ0) is 23.5. The Kier molecular flexibility index (Phi) is 9.87. The van der Waals surface area contributed by atoms with Crippen LogP contribution in [-0.2, 0) is 24.1 Å². The van der Waals surface area contributed by atoms with E-state index in [0.717, 1.165) is 31.1 Å². The van der Waals surface area contributed by atoms with Crippen molar-refractivity contribution in [3.8, 4) is 0 Å². The van der Waals surface area contributed by atoms with Gasteiger partial charge in [-0.2, -0.15) is 8.42 Å². The van der Waals surface area contributed by atoms with Crippen LogP contribution in [0.4, 0.5) is 0 Å². The maximum Gasteiger partial charge on any atom is 0.397 e. The fourth-order valence-electron chi connectivity index (χ4n) is 4.34. The molecule has 2 rings (SSSR count). The molecule has 182 valence electrons. The summed E-state index contributed by atoms with van der Waals surface area (Å²) in [6.45, 7) is 4.55. The van der Waals surface area contributed by atoms with Crippen molar-refractivity contribution in [1.82, 2.24) is 10.2 Å². The third-order valence-electron chi connectivity index (χ3n) is 5.84. The predicted molar refractivity (Wildman–Crippen MR) is 117 cm³/mol. The van der Waals surface area contributed by atoms with Crippen molar-refractivity contribution in [2.24, 2.45) is 5.92 Å². The molecular formula is C18H33ClN2O8S2. The number of nitrogens with zero attached hydrogens (tertiary/aromatic N) is 1. The third-order valence-corrected chi connectivity index (χ3v) is 7.42. The summed E-state index contributed by atoms with van der Waals surface area (Å²) in [5.74, 6) is 0.177. The molecule has 2 aliphatic rings. The molecule has 0 radical (unpaired) electrons. The Balaban J connectivity index is 2.16. The van der Waals surface area contributed by atoms with Gasteiger partial charge in [-0.15, -0.1) is 23.4 Å². The Labute approximate surface area is 192 Å². The largest absolute Gasteiger partial charge is 0.397 e. The van der Waals surface area contributed by atoms with Gasteiger partial charge >= 0.3 is 10.4 Å². The minimum absolute atomic E-state index is 0.249. The van der Waals surface area contributed by atoms with Gasteiger partial charge in [-0.1, -0.05) is 13.3 Å². The number of rotatable bonds is 9. The number of carbonyl (C=O) groups is 1. The van der Waals surface area contributed by atoms with Gasteiger partial charge in [0.05, 0.1) is 17.5 Å². The van der Waals surface area contributed by atoms with Gasteiger partial charge in [0.25, 0.3) is 0 Å². The van der Waals surface area contributed by atoms with E-state index < -0.39 is 51.7 Å². The summed E-state index contributed by atoms with van der Waals surface area (Å²) in [6, 6.07) is -1.20. The van der Waals surface area contributed by atoms with Crippen LogP contribution in [0.15, 0.2) is 0 Å². The number of likely N-dealkylation sites (tertiary alicyclic amines) is 1. The van der Waals surface area contributed by atoms with Gasteiger partial charge < -0.3 is 20.3 Å². The number of aliphatic hydroxyl groups is 2. The van der Waals surface area contributed by atoms with Gasteiger partial charge in [-0.3, -0.25) is 14.2 Å². The Morgan fingerprint density at radius 3 is 2.55 bits per heavy atom. The van der Waals surface area contributed by atoms with Crippen LogP contribution < -0.4 is 5.32 Å². The first-order valence-electron chi connectivity index (χ1n) is 10.2. The number of likely N-dealkylation sites (N-methyl/N-ethyl adjacent to an activating group) is 1. The van der Waals surface area contributed by atoms with Crippen LogP contribution in [-0.4, -0.2) is 101 Å². The number of ether oxygens (including phenoxy) is 1. The van der Waals surface area contributed by atoms with Crippen LogP contribution in [0, 0.1) is 5.92 Å². The number of alkyl halides is 1. The summed E-state index contributed by atoms with van der Waals surface area (Å²) >= 11 is 7.34. The molecule has 0 bridgehead atoms. The first-order valence-corrected chi connectivity index (χ1v) is 13.3. The molecule has 31 heavy (non-hydrogen) atoms. The molecule has 0 spiro atoms. The van der Waals surface area contributed by atoms with Gasteiger partial charge in [-0.25, -0.2) is 4.18 Å². The average molecular weight is 505 g/mol. The van der Waals surface area contributed by atoms with Crippen LogP contribution in [0.5, 0.6) is 0 Å². The SMILES string of the molecule is CCC[C@@H]1C[C@@H](C(=O)N[C@@H]([C@H]2O[C@H](SC)[C@H](OS(=O)(=O)O)[C@@H](O)[C@H]2O)[C@H](C)Cl)N(C)C1. The summed E-state index contributed by atoms with van der Waals surface area (Å²) in [5, 5.41) is 23.3. The van der Waals surface area contributed by atoms with Gasteiger partial charge in [0.2, 0.25) is 5.91 Å². The summed E-state index contributed by atoms with van der Waals surface area (Å²) in [4.78, 5) is 15.0. The molecule has 9 atom stereocenters. The molecule has 2 fully saturated rings. The summed E-state index contributed by atoms with van der Waals surface area (Å²) < 4.78 is 41.5. The summed E-state index contributed by atoms with van der Waals surface area (Å²) in [5.41, 5.74) is -1.04. The lowest BCUT2D eigenvalue weighted by Crippen LogP contribution is -2.65. The topological polar surface area (TPSA) is 146 Å². The van der Waals surface area contributed by atoms with E-state index >= 15 is 0 Å². The van der Waals surface area contributed by atoms with Crippen molar-refractivity contribution in [3.05, 3.63) is 0 Å².